The topological polar surface area (TPSA) is 93.2 Å². The molecule has 27 heavy (non-hydrogen) atoms. The molecule has 0 amide bonds. The molecule has 0 aliphatic heterocycles. The van der Waals surface area contributed by atoms with Gasteiger partial charge in [0.2, 0.25) is 10.0 Å². The first-order valence-corrected chi connectivity index (χ1v) is 11.2. The Labute approximate surface area is 158 Å². The molecular formula is C19H18N2O4S2. The van der Waals surface area contributed by atoms with Crippen molar-refractivity contribution in [2.75, 3.05) is 6.54 Å². The minimum absolute atomic E-state index is 0.0760. The minimum Gasteiger partial charge on any atom is -0.264 e. The fourth-order valence-corrected chi connectivity index (χ4v) is 5.46. The third-order valence-electron chi connectivity index (χ3n) is 4.01. The molecule has 140 valence electrons. The van der Waals surface area contributed by atoms with Gasteiger partial charge in [-0.05, 0) is 35.9 Å². The number of pyridine rings is 1. The molecule has 6 nitrogen and oxygen atoms in total. The summed E-state index contributed by atoms with van der Waals surface area (Å²) in [4.78, 5) is 4.17. The SMILES string of the molecule is O=S(=O)(NCC(c1cccnc1)S(=O)(=O)c1ccccc1)c1ccccc1. The normalized spacial score (nSPS) is 13.2. The highest BCUT2D eigenvalue weighted by atomic mass is 32.2. The Kier molecular flexibility index (Phi) is 5.69. The van der Waals surface area contributed by atoms with Crippen LogP contribution in [0.1, 0.15) is 10.8 Å². The van der Waals surface area contributed by atoms with Crippen LogP contribution in [0.2, 0.25) is 0 Å². The third-order valence-corrected chi connectivity index (χ3v) is 7.57. The zero-order valence-corrected chi connectivity index (χ0v) is 15.9. The maximum atomic E-state index is 13.1. The Morgan fingerprint density at radius 3 is 1.93 bits per heavy atom. The van der Waals surface area contributed by atoms with Crippen molar-refractivity contribution in [1.82, 2.24) is 9.71 Å². The molecule has 1 atom stereocenters. The number of benzene rings is 2. The van der Waals surface area contributed by atoms with Gasteiger partial charge in [-0.2, -0.15) is 0 Å². The Morgan fingerprint density at radius 1 is 0.778 bits per heavy atom. The minimum atomic E-state index is -3.84. The van der Waals surface area contributed by atoms with Crippen LogP contribution in [0.25, 0.3) is 0 Å². The van der Waals surface area contributed by atoms with Crippen molar-refractivity contribution in [3.05, 3.63) is 90.8 Å². The molecule has 3 rings (SSSR count). The molecule has 0 bridgehead atoms. The van der Waals surface area contributed by atoms with Gasteiger partial charge in [0.1, 0.15) is 5.25 Å². The van der Waals surface area contributed by atoms with Crippen molar-refractivity contribution < 1.29 is 16.8 Å². The smallest absolute Gasteiger partial charge is 0.240 e. The summed E-state index contributed by atoms with van der Waals surface area (Å²) in [7, 11) is -7.67. The Balaban J connectivity index is 1.95. The van der Waals surface area contributed by atoms with Crippen molar-refractivity contribution in [3.8, 4) is 0 Å². The molecule has 0 saturated carbocycles. The molecule has 2 aromatic carbocycles. The van der Waals surface area contributed by atoms with Crippen LogP contribution >= 0.6 is 0 Å². The van der Waals surface area contributed by atoms with E-state index in [2.05, 4.69) is 9.71 Å². The van der Waals surface area contributed by atoms with E-state index in [0.717, 1.165) is 0 Å². The molecule has 8 heteroatoms. The van der Waals surface area contributed by atoms with Crippen molar-refractivity contribution in [1.29, 1.82) is 0 Å². The lowest BCUT2D eigenvalue weighted by molar-refractivity contribution is 0.568. The van der Waals surface area contributed by atoms with E-state index in [0.29, 0.717) is 5.56 Å². The van der Waals surface area contributed by atoms with E-state index >= 15 is 0 Å². The summed E-state index contributed by atoms with van der Waals surface area (Å²) >= 11 is 0. The number of nitrogens with one attached hydrogen (secondary N) is 1. The Morgan fingerprint density at radius 2 is 1.37 bits per heavy atom. The van der Waals surface area contributed by atoms with Crippen LogP contribution < -0.4 is 4.72 Å². The van der Waals surface area contributed by atoms with E-state index in [1.54, 1.807) is 48.5 Å². The lowest BCUT2D eigenvalue weighted by atomic mass is 10.2. The fourth-order valence-electron chi connectivity index (χ4n) is 2.62. The van der Waals surface area contributed by atoms with E-state index in [1.807, 2.05) is 0 Å². The number of rotatable bonds is 7. The summed E-state index contributed by atoms with van der Waals surface area (Å²) < 4.78 is 53.7. The highest BCUT2D eigenvalue weighted by Gasteiger charge is 2.30. The number of hydrogen-bond acceptors (Lipinski definition) is 5. The summed E-state index contributed by atoms with van der Waals surface area (Å²) in [6.45, 7) is -0.305. The molecule has 1 unspecified atom stereocenters. The Hall–Kier alpha value is -2.55. The van der Waals surface area contributed by atoms with Gasteiger partial charge in [0.15, 0.2) is 9.84 Å². The van der Waals surface area contributed by atoms with Crippen LogP contribution in [0.3, 0.4) is 0 Å². The van der Waals surface area contributed by atoms with Crippen molar-refractivity contribution in [3.63, 3.8) is 0 Å². The molecular weight excluding hydrogens is 384 g/mol. The van der Waals surface area contributed by atoms with Gasteiger partial charge in [-0.15, -0.1) is 0 Å². The number of hydrogen-bond donors (Lipinski definition) is 1. The first kappa shape index (κ1) is 19.2. The molecule has 1 N–H and O–H groups in total. The van der Waals surface area contributed by atoms with Crippen LogP contribution in [0.5, 0.6) is 0 Å². The first-order chi connectivity index (χ1) is 12.9. The summed E-state index contributed by atoms with van der Waals surface area (Å²) in [6, 6.07) is 19.0. The van der Waals surface area contributed by atoms with E-state index in [-0.39, 0.29) is 16.3 Å². The zero-order valence-electron chi connectivity index (χ0n) is 14.3. The number of nitrogens with zero attached hydrogens (tertiary/aromatic N) is 1. The first-order valence-electron chi connectivity index (χ1n) is 8.15. The second kappa shape index (κ2) is 7.99. The molecule has 3 aromatic rings. The maximum absolute atomic E-state index is 13.1. The summed E-state index contributed by atoms with van der Waals surface area (Å²) in [5, 5.41) is -1.10. The van der Waals surface area contributed by atoms with Crippen LogP contribution in [-0.2, 0) is 19.9 Å². The Bertz CT molecular complexity index is 1090. The van der Waals surface area contributed by atoms with Crippen LogP contribution in [-0.4, -0.2) is 28.4 Å². The monoisotopic (exact) mass is 402 g/mol. The quantitative estimate of drug-likeness (QED) is 0.656. The summed E-state index contributed by atoms with van der Waals surface area (Å²) in [5.41, 5.74) is 0.414. The molecule has 0 aliphatic carbocycles. The largest absolute Gasteiger partial charge is 0.264 e. The van der Waals surface area contributed by atoms with Gasteiger partial charge in [-0.1, -0.05) is 42.5 Å². The number of sulfonamides is 1. The average molecular weight is 402 g/mol. The van der Waals surface area contributed by atoms with Crippen molar-refractivity contribution in [2.24, 2.45) is 0 Å². The average Bonchev–Trinajstić information content (AvgIpc) is 2.70. The lowest BCUT2D eigenvalue weighted by Crippen LogP contribution is -2.32. The van der Waals surface area contributed by atoms with E-state index in [9.17, 15) is 16.8 Å². The van der Waals surface area contributed by atoms with Gasteiger partial charge in [-0.25, -0.2) is 21.6 Å². The van der Waals surface area contributed by atoms with E-state index in [1.165, 1.54) is 36.7 Å². The van der Waals surface area contributed by atoms with E-state index < -0.39 is 25.1 Å². The van der Waals surface area contributed by atoms with Crippen molar-refractivity contribution in [2.45, 2.75) is 15.0 Å². The van der Waals surface area contributed by atoms with Gasteiger partial charge < -0.3 is 0 Å². The predicted octanol–water partition coefficient (Wildman–Crippen LogP) is 2.58. The zero-order chi connectivity index (χ0) is 19.3. The van der Waals surface area contributed by atoms with Gasteiger partial charge in [-0.3, -0.25) is 4.98 Å². The predicted molar refractivity (Wildman–Crippen MR) is 102 cm³/mol. The number of sulfone groups is 1. The standard InChI is InChI=1S/C19H18N2O4S2/c22-26(23,17-9-3-1-4-10-17)19(16-8-7-13-20-14-16)15-21-27(24,25)18-11-5-2-6-12-18/h1-14,19,21H,15H2. The number of aromatic nitrogens is 1. The van der Waals surface area contributed by atoms with Gasteiger partial charge in [0, 0.05) is 18.9 Å². The van der Waals surface area contributed by atoms with Gasteiger partial charge in [0.05, 0.1) is 9.79 Å². The molecule has 0 spiro atoms. The third kappa shape index (κ3) is 4.41. The van der Waals surface area contributed by atoms with Crippen LogP contribution in [0, 0.1) is 0 Å². The van der Waals surface area contributed by atoms with Crippen molar-refractivity contribution >= 4 is 19.9 Å². The molecule has 0 saturated heterocycles. The molecule has 1 heterocycles. The molecule has 0 radical (unpaired) electrons. The highest BCUT2D eigenvalue weighted by molar-refractivity contribution is 7.92. The second-order valence-corrected chi connectivity index (χ2v) is 9.70. The second-order valence-electron chi connectivity index (χ2n) is 5.80. The molecule has 0 fully saturated rings. The highest BCUT2D eigenvalue weighted by Crippen LogP contribution is 2.28. The van der Waals surface area contributed by atoms with Gasteiger partial charge >= 0.3 is 0 Å². The summed E-state index contributed by atoms with van der Waals surface area (Å²) in [5.74, 6) is 0. The van der Waals surface area contributed by atoms with Gasteiger partial charge in [0.25, 0.3) is 0 Å². The fraction of sp³-hybridized carbons (Fsp3) is 0.105. The molecule has 1 aromatic heterocycles. The molecule has 0 aliphatic rings. The summed E-state index contributed by atoms with van der Waals surface area (Å²) in [6.07, 6.45) is 2.96. The van der Waals surface area contributed by atoms with Crippen LogP contribution in [0.4, 0.5) is 0 Å². The van der Waals surface area contributed by atoms with E-state index in [4.69, 9.17) is 0 Å². The lowest BCUT2D eigenvalue weighted by Gasteiger charge is -2.19. The van der Waals surface area contributed by atoms with Crippen LogP contribution in [0.15, 0.2) is 95.0 Å². The maximum Gasteiger partial charge on any atom is 0.240 e.